The monoisotopic (exact) mass is 502 g/mol. The molecule has 1 unspecified atom stereocenters. The number of nitriles is 2. The largest absolute Gasteiger partial charge is 0.485 e. The molecule has 12 heteroatoms. The van der Waals surface area contributed by atoms with E-state index in [0.29, 0.717) is 55.4 Å². The fourth-order valence-electron chi connectivity index (χ4n) is 5.05. The smallest absolute Gasteiger partial charge is 0.285 e. The second-order valence-corrected chi connectivity index (χ2v) is 9.67. The minimum Gasteiger partial charge on any atom is -0.485 e. The Balaban J connectivity index is 1.17. The van der Waals surface area contributed by atoms with Crippen LogP contribution in [0.3, 0.4) is 0 Å². The average Bonchev–Trinajstić information content (AvgIpc) is 3.27. The molecule has 0 bridgehead atoms. The van der Waals surface area contributed by atoms with Crippen LogP contribution in [0.4, 0.5) is 0 Å². The molecule has 1 aromatic heterocycles. The maximum Gasteiger partial charge on any atom is 0.285 e. The second-order valence-electron chi connectivity index (χ2n) is 9.67. The van der Waals surface area contributed by atoms with Gasteiger partial charge in [0.05, 0.1) is 55.2 Å². The second kappa shape index (κ2) is 9.64. The highest BCUT2D eigenvalue weighted by atomic mass is 16.6. The number of rotatable bonds is 8. The number of carbonyl (C=O) groups excluding carboxylic acids is 1. The van der Waals surface area contributed by atoms with Gasteiger partial charge in [-0.05, 0) is 37.5 Å². The molecular weight excluding hydrogens is 476 g/mol. The molecular formula is C25H26N8O4. The molecule has 3 fully saturated rings. The summed E-state index contributed by atoms with van der Waals surface area (Å²) in [4.78, 5) is 17.3. The van der Waals surface area contributed by atoms with E-state index in [1.165, 1.54) is 0 Å². The van der Waals surface area contributed by atoms with Crippen molar-refractivity contribution < 1.29 is 19.0 Å². The van der Waals surface area contributed by atoms with Crippen LogP contribution in [0, 0.1) is 22.8 Å². The van der Waals surface area contributed by atoms with E-state index in [1.54, 1.807) is 46.4 Å². The van der Waals surface area contributed by atoms with E-state index in [1.807, 2.05) is 4.90 Å². The molecule has 3 atom stereocenters. The molecule has 190 valence electrons. The van der Waals surface area contributed by atoms with Crippen LogP contribution in [0.5, 0.6) is 5.75 Å². The standard InChI is InChI=1S/C25H26N8O4/c26-9-16-1-4-22(36-20-13-35-14-20)21(7-16)23-10-28-24(37-23)25(34)33(17-2-3-17)19-8-18(31(11-19)15-27)12-32-6-5-29-30-32/h1,4-7,10,17-20,24,28H,2-3,8,11-14H2/t18-,19+,24?/m0/s1. The summed E-state index contributed by atoms with van der Waals surface area (Å²) in [7, 11) is 0. The molecule has 4 aliphatic rings. The van der Waals surface area contributed by atoms with Crippen LogP contribution in [0.25, 0.3) is 5.76 Å². The minimum atomic E-state index is -0.897. The lowest BCUT2D eigenvalue weighted by molar-refractivity contribution is -0.143. The third-order valence-electron chi connectivity index (χ3n) is 7.09. The van der Waals surface area contributed by atoms with Gasteiger partial charge in [0.15, 0.2) is 6.19 Å². The number of hydrogen-bond donors (Lipinski definition) is 1. The van der Waals surface area contributed by atoms with Crippen molar-refractivity contribution in [2.24, 2.45) is 0 Å². The van der Waals surface area contributed by atoms with Crippen LogP contribution in [0.15, 0.2) is 36.8 Å². The maximum absolute atomic E-state index is 13.7. The molecule has 37 heavy (non-hydrogen) atoms. The van der Waals surface area contributed by atoms with Crippen molar-refractivity contribution in [3.05, 3.63) is 47.9 Å². The Kier molecular flexibility index (Phi) is 6.02. The summed E-state index contributed by atoms with van der Waals surface area (Å²) in [6.07, 6.45) is 8.88. The van der Waals surface area contributed by atoms with Crippen molar-refractivity contribution in [1.29, 1.82) is 10.5 Å². The molecule has 2 saturated heterocycles. The van der Waals surface area contributed by atoms with Crippen LogP contribution in [0.2, 0.25) is 0 Å². The predicted molar refractivity (Wildman–Crippen MR) is 127 cm³/mol. The van der Waals surface area contributed by atoms with Crippen molar-refractivity contribution in [3.8, 4) is 18.0 Å². The lowest BCUT2D eigenvalue weighted by atomic mass is 10.1. The molecule has 6 rings (SSSR count). The van der Waals surface area contributed by atoms with Gasteiger partial charge >= 0.3 is 0 Å². The Morgan fingerprint density at radius 3 is 2.81 bits per heavy atom. The molecule has 1 aromatic carbocycles. The Bertz CT molecular complexity index is 1270. The maximum atomic E-state index is 13.7. The van der Waals surface area contributed by atoms with Crippen LogP contribution >= 0.6 is 0 Å². The molecule has 12 nitrogen and oxygen atoms in total. The summed E-state index contributed by atoms with van der Waals surface area (Å²) >= 11 is 0. The van der Waals surface area contributed by atoms with Crippen molar-refractivity contribution in [2.75, 3.05) is 19.8 Å². The number of likely N-dealkylation sites (tertiary alicyclic amines) is 1. The summed E-state index contributed by atoms with van der Waals surface area (Å²) in [6.45, 7) is 2.02. The third-order valence-corrected chi connectivity index (χ3v) is 7.09. The zero-order valence-electron chi connectivity index (χ0n) is 20.1. The fraction of sp³-hybridized carbons (Fsp3) is 0.480. The van der Waals surface area contributed by atoms with Gasteiger partial charge in [0, 0.05) is 25.0 Å². The Labute approximate surface area is 213 Å². The zero-order chi connectivity index (χ0) is 25.4. The Hall–Kier alpha value is -4.29. The third kappa shape index (κ3) is 4.63. The Morgan fingerprint density at radius 2 is 2.14 bits per heavy atom. The van der Waals surface area contributed by atoms with Gasteiger partial charge in [-0.25, -0.2) is 0 Å². The van der Waals surface area contributed by atoms with Gasteiger partial charge in [-0.2, -0.15) is 10.5 Å². The van der Waals surface area contributed by atoms with Crippen molar-refractivity contribution in [2.45, 2.75) is 56.3 Å². The summed E-state index contributed by atoms with van der Waals surface area (Å²) < 4.78 is 19.0. The van der Waals surface area contributed by atoms with Gasteiger partial charge in [-0.3, -0.25) is 9.48 Å². The fourth-order valence-corrected chi connectivity index (χ4v) is 5.05. The minimum absolute atomic E-state index is 0.0552. The van der Waals surface area contributed by atoms with Crippen molar-refractivity contribution in [1.82, 2.24) is 30.1 Å². The van der Waals surface area contributed by atoms with E-state index in [4.69, 9.17) is 14.2 Å². The average molecular weight is 503 g/mol. The number of nitrogens with zero attached hydrogens (tertiary/aromatic N) is 7. The molecule has 0 spiro atoms. The van der Waals surface area contributed by atoms with Gasteiger partial charge in [0.1, 0.15) is 17.6 Å². The van der Waals surface area contributed by atoms with Gasteiger partial charge < -0.3 is 29.3 Å². The van der Waals surface area contributed by atoms with E-state index < -0.39 is 6.23 Å². The topological polar surface area (TPSA) is 142 Å². The molecule has 1 N–H and O–H groups in total. The van der Waals surface area contributed by atoms with E-state index in [2.05, 4.69) is 27.9 Å². The number of nitrogens with one attached hydrogen (secondary N) is 1. The van der Waals surface area contributed by atoms with E-state index in [0.717, 1.165) is 12.8 Å². The van der Waals surface area contributed by atoms with Gasteiger partial charge in [0.25, 0.3) is 5.91 Å². The molecule has 0 radical (unpaired) electrons. The molecule has 1 aliphatic carbocycles. The zero-order valence-corrected chi connectivity index (χ0v) is 20.1. The number of benzene rings is 1. The highest BCUT2D eigenvalue weighted by Gasteiger charge is 2.46. The van der Waals surface area contributed by atoms with Gasteiger partial charge in [-0.1, -0.05) is 5.21 Å². The van der Waals surface area contributed by atoms with E-state index >= 15 is 0 Å². The number of hydrogen-bond acceptors (Lipinski definition) is 10. The van der Waals surface area contributed by atoms with E-state index in [-0.39, 0.29) is 30.1 Å². The highest BCUT2D eigenvalue weighted by molar-refractivity contribution is 5.84. The highest BCUT2D eigenvalue weighted by Crippen LogP contribution is 2.36. The molecule has 4 heterocycles. The van der Waals surface area contributed by atoms with Crippen LogP contribution in [-0.4, -0.2) is 80.9 Å². The predicted octanol–water partition coefficient (Wildman–Crippen LogP) is 0.787. The number of ether oxygens (including phenoxy) is 3. The molecule has 1 saturated carbocycles. The first-order valence-electron chi connectivity index (χ1n) is 12.4. The first kappa shape index (κ1) is 23.1. The molecule has 3 aliphatic heterocycles. The SMILES string of the molecule is N#Cc1ccc(OC2COC2)c(C2=CNC(C(=O)N(C3CC3)[C@@H]3C[C@@H](Cn4ccnn4)N(C#N)C3)O2)c1. The van der Waals surface area contributed by atoms with Gasteiger partial charge in [0.2, 0.25) is 6.23 Å². The lowest BCUT2D eigenvalue weighted by Crippen LogP contribution is -2.50. The first-order valence-corrected chi connectivity index (χ1v) is 12.4. The molecule has 2 aromatic rings. The number of amides is 1. The lowest BCUT2D eigenvalue weighted by Gasteiger charge is -2.31. The first-order chi connectivity index (χ1) is 18.1. The van der Waals surface area contributed by atoms with E-state index in [9.17, 15) is 15.3 Å². The van der Waals surface area contributed by atoms with Crippen LogP contribution in [0.1, 0.15) is 30.4 Å². The Morgan fingerprint density at radius 1 is 1.27 bits per heavy atom. The van der Waals surface area contributed by atoms with Crippen molar-refractivity contribution >= 4 is 11.7 Å². The number of carbonyl (C=O) groups is 1. The quantitative estimate of drug-likeness (QED) is 0.515. The number of aromatic nitrogens is 3. The van der Waals surface area contributed by atoms with Crippen LogP contribution in [-0.2, 0) is 20.8 Å². The molecule has 1 amide bonds. The summed E-state index contributed by atoms with van der Waals surface area (Å²) in [6, 6.07) is 7.23. The normalized spacial score (nSPS) is 24.8. The van der Waals surface area contributed by atoms with Gasteiger partial charge in [-0.15, -0.1) is 5.10 Å². The summed E-state index contributed by atoms with van der Waals surface area (Å²) in [5, 5.41) is 30.1. The van der Waals surface area contributed by atoms with Crippen molar-refractivity contribution in [3.63, 3.8) is 0 Å². The summed E-state index contributed by atoms with van der Waals surface area (Å²) in [5.41, 5.74) is 1.07. The summed E-state index contributed by atoms with van der Waals surface area (Å²) in [5.74, 6) is 0.851. The van der Waals surface area contributed by atoms with Crippen LogP contribution < -0.4 is 10.1 Å².